The SMILES string of the molecule is COC(=O)CC1=[N+]([O-])OC(C)(C)CC1c1ccccc1. The van der Waals surface area contributed by atoms with Crippen molar-refractivity contribution < 1.29 is 19.3 Å². The third kappa shape index (κ3) is 3.10. The molecule has 1 aromatic carbocycles. The van der Waals surface area contributed by atoms with Gasteiger partial charge in [0.15, 0.2) is 0 Å². The van der Waals surface area contributed by atoms with Crippen LogP contribution in [0.1, 0.15) is 38.2 Å². The minimum absolute atomic E-state index is 0.0599. The molecule has 0 aliphatic carbocycles. The summed E-state index contributed by atoms with van der Waals surface area (Å²) in [5, 5.41) is 12.1. The highest BCUT2D eigenvalue weighted by Crippen LogP contribution is 2.34. The van der Waals surface area contributed by atoms with Gasteiger partial charge in [0.25, 0.3) is 0 Å². The maximum absolute atomic E-state index is 12.1. The molecule has 5 heteroatoms. The zero-order valence-electron chi connectivity index (χ0n) is 12.0. The van der Waals surface area contributed by atoms with E-state index in [4.69, 9.17) is 4.84 Å². The molecule has 0 aromatic heterocycles. The second kappa shape index (κ2) is 5.53. The zero-order chi connectivity index (χ0) is 14.8. The summed E-state index contributed by atoms with van der Waals surface area (Å²) >= 11 is 0. The van der Waals surface area contributed by atoms with Crippen LogP contribution in [0.25, 0.3) is 0 Å². The first-order valence-electron chi connectivity index (χ1n) is 6.57. The second-order valence-corrected chi connectivity index (χ2v) is 5.52. The molecule has 0 radical (unpaired) electrons. The topological polar surface area (TPSA) is 61.6 Å². The highest BCUT2D eigenvalue weighted by Gasteiger charge is 2.39. The van der Waals surface area contributed by atoms with Gasteiger partial charge in [0.05, 0.1) is 18.6 Å². The molecule has 20 heavy (non-hydrogen) atoms. The van der Waals surface area contributed by atoms with E-state index in [1.54, 1.807) is 0 Å². The Bertz CT molecular complexity index is 522. The van der Waals surface area contributed by atoms with Gasteiger partial charge in [-0.2, -0.15) is 0 Å². The first kappa shape index (κ1) is 14.4. The summed E-state index contributed by atoms with van der Waals surface area (Å²) < 4.78 is 4.66. The van der Waals surface area contributed by atoms with Crippen molar-refractivity contribution in [2.24, 2.45) is 0 Å². The smallest absolute Gasteiger partial charge is 0.316 e. The molecule has 108 valence electrons. The van der Waals surface area contributed by atoms with E-state index in [-0.39, 0.29) is 12.3 Å². The van der Waals surface area contributed by atoms with Crippen LogP contribution in [0.5, 0.6) is 0 Å². The lowest BCUT2D eigenvalue weighted by Crippen LogP contribution is -2.42. The lowest BCUT2D eigenvalue weighted by molar-refractivity contribution is -0.770. The number of methoxy groups -OCH3 is 1. The van der Waals surface area contributed by atoms with Crippen LogP contribution in [-0.4, -0.2) is 29.3 Å². The Kier molecular flexibility index (Phi) is 3.97. The van der Waals surface area contributed by atoms with Crippen LogP contribution in [0, 0.1) is 5.21 Å². The Balaban J connectivity index is 2.39. The fourth-order valence-corrected chi connectivity index (χ4v) is 2.46. The summed E-state index contributed by atoms with van der Waals surface area (Å²) in [6.45, 7) is 3.73. The van der Waals surface area contributed by atoms with Gasteiger partial charge in [0, 0.05) is 4.90 Å². The normalized spacial score (nSPS) is 21.2. The molecule has 0 fully saturated rings. The third-order valence-electron chi connectivity index (χ3n) is 3.42. The lowest BCUT2D eigenvalue weighted by Gasteiger charge is -2.36. The molecule has 0 N–H and O–H groups in total. The van der Waals surface area contributed by atoms with E-state index in [2.05, 4.69) is 4.74 Å². The van der Waals surface area contributed by atoms with E-state index in [9.17, 15) is 10.0 Å². The summed E-state index contributed by atoms with van der Waals surface area (Å²) in [6, 6.07) is 9.67. The second-order valence-electron chi connectivity index (χ2n) is 5.52. The number of carbonyl (C=O) groups is 1. The molecule has 0 saturated carbocycles. The Morgan fingerprint density at radius 2 is 2.10 bits per heavy atom. The predicted octanol–water partition coefficient (Wildman–Crippen LogP) is 2.40. The van der Waals surface area contributed by atoms with Gasteiger partial charge in [-0.15, -0.1) is 0 Å². The summed E-state index contributed by atoms with van der Waals surface area (Å²) in [4.78, 5) is 17.3. The van der Waals surface area contributed by atoms with E-state index in [0.29, 0.717) is 17.0 Å². The quantitative estimate of drug-likeness (QED) is 0.628. The molecule has 0 spiro atoms. The minimum atomic E-state index is -0.568. The number of hydrogen-bond acceptors (Lipinski definition) is 4. The molecule has 1 unspecified atom stereocenters. The number of rotatable bonds is 3. The van der Waals surface area contributed by atoms with Gasteiger partial charge in [-0.1, -0.05) is 30.3 Å². The van der Waals surface area contributed by atoms with Crippen molar-refractivity contribution >= 4 is 11.7 Å². The monoisotopic (exact) mass is 277 g/mol. The molecule has 0 bridgehead atoms. The van der Waals surface area contributed by atoms with Crippen LogP contribution in [0.3, 0.4) is 0 Å². The Hall–Kier alpha value is -2.04. The van der Waals surface area contributed by atoms with Crippen LogP contribution in [0.15, 0.2) is 30.3 Å². The van der Waals surface area contributed by atoms with Crippen LogP contribution in [-0.2, 0) is 14.4 Å². The molecule has 0 amide bonds. The number of esters is 1. The molecular formula is C15H19NO4. The maximum Gasteiger partial charge on any atom is 0.316 e. The van der Waals surface area contributed by atoms with Crippen LogP contribution in [0.2, 0.25) is 0 Å². The third-order valence-corrected chi connectivity index (χ3v) is 3.42. The molecule has 1 atom stereocenters. The fourth-order valence-electron chi connectivity index (χ4n) is 2.46. The molecule has 1 heterocycles. The first-order valence-corrected chi connectivity index (χ1v) is 6.57. The lowest BCUT2D eigenvalue weighted by atomic mass is 9.82. The van der Waals surface area contributed by atoms with Crippen molar-refractivity contribution in [2.75, 3.05) is 7.11 Å². The van der Waals surface area contributed by atoms with Gasteiger partial charge in [0.2, 0.25) is 5.71 Å². The Labute approximate surface area is 118 Å². The molecule has 0 saturated heterocycles. The molecule has 5 nitrogen and oxygen atoms in total. The number of nitrogens with zero attached hydrogens (tertiary/aromatic N) is 1. The molecule has 2 rings (SSSR count). The van der Waals surface area contributed by atoms with Crippen molar-refractivity contribution in [3.8, 4) is 0 Å². The van der Waals surface area contributed by atoms with Gasteiger partial charge in [0.1, 0.15) is 6.42 Å². The first-order chi connectivity index (χ1) is 9.43. The fraction of sp³-hybridized carbons (Fsp3) is 0.467. The summed E-state index contributed by atoms with van der Waals surface area (Å²) in [6.07, 6.45) is 0.581. The standard InChI is InChI=1S/C15H19NO4/c1-15(2)10-12(11-7-5-4-6-8-11)13(16(18)20-15)9-14(17)19-3/h4-8,12H,9-10H2,1-3H3. The van der Waals surface area contributed by atoms with Crippen molar-refractivity contribution in [1.29, 1.82) is 0 Å². The summed E-state index contributed by atoms with van der Waals surface area (Å²) in [5.41, 5.74) is 0.827. The summed E-state index contributed by atoms with van der Waals surface area (Å²) in [5.74, 6) is -0.582. The molecular weight excluding hydrogens is 258 g/mol. The van der Waals surface area contributed by atoms with Gasteiger partial charge in [-0.05, 0) is 25.8 Å². The molecule has 1 aromatic rings. The Morgan fingerprint density at radius 1 is 1.45 bits per heavy atom. The molecule has 1 aliphatic rings. The number of ether oxygens (including phenoxy) is 1. The van der Waals surface area contributed by atoms with Gasteiger partial charge < -0.3 is 9.57 Å². The van der Waals surface area contributed by atoms with Crippen LogP contribution in [0.4, 0.5) is 0 Å². The van der Waals surface area contributed by atoms with E-state index in [1.807, 2.05) is 44.2 Å². The maximum atomic E-state index is 12.1. The number of carbonyl (C=O) groups excluding carboxylic acids is 1. The van der Waals surface area contributed by atoms with E-state index in [1.165, 1.54) is 7.11 Å². The van der Waals surface area contributed by atoms with Crippen molar-refractivity contribution in [1.82, 2.24) is 0 Å². The molecule has 1 aliphatic heterocycles. The van der Waals surface area contributed by atoms with E-state index >= 15 is 0 Å². The summed E-state index contributed by atoms with van der Waals surface area (Å²) in [7, 11) is 1.31. The minimum Gasteiger partial charge on any atom is -0.469 e. The highest BCUT2D eigenvalue weighted by atomic mass is 16.9. The average Bonchev–Trinajstić information content (AvgIpc) is 2.41. The average molecular weight is 277 g/mol. The van der Waals surface area contributed by atoms with Crippen molar-refractivity contribution in [3.05, 3.63) is 41.1 Å². The van der Waals surface area contributed by atoms with E-state index < -0.39 is 11.6 Å². The van der Waals surface area contributed by atoms with Crippen molar-refractivity contribution in [3.63, 3.8) is 0 Å². The van der Waals surface area contributed by atoms with Gasteiger partial charge >= 0.3 is 5.97 Å². The number of hydrogen-bond donors (Lipinski definition) is 0. The van der Waals surface area contributed by atoms with Gasteiger partial charge in [-0.25, -0.2) is 0 Å². The van der Waals surface area contributed by atoms with Crippen molar-refractivity contribution in [2.45, 2.75) is 38.2 Å². The van der Waals surface area contributed by atoms with Crippen LogP contribution >= 0.6 is 0 Å². The number of benzene rings is 1. The van der Waals surface area contributed by atoms with E-state index in [0.717, 1.165) is 5.56 Å². The predicted molar refractivity (Wildman–Crippen MR) is 74.2 cm³/mol. The van der Waals surface area contributed by atoms with Gasteiger partial charge in [-0.3, -0.25) is 10.0 Å². The zero-order valence-corrected chi connectivity index (χ0v) is 12.0. The Morgan fingerprint density at radius 3 is 2.70 bits per heavy atom. The highest BCUT2D eigenvalue weighted by molar-refractivity contribution is 6.00. The largest absolute Gasteiger partial charge is 0.469 e. The van der Waals surface area contributed by atoms with Crippen LogP contribution < -0.4 is 0 Å².